The molecule has 0 nitrogen and oxygen atoms in total. The van der Waals surface area contributed by atoms with E-state index in [-0.39, 0.29) is 6.33 Å². The normalized spacial score (nSPS) is 12.2. The molecule has 0 unspecified atom stereocenters. The molecule has 3 aromatic carbocycles. The van der Waals surface area contributed by atoms with E-state index >= 15 is 4.39 Å². The van der Waals surface area contributed by atoms with Gasteiger partial charge in [0, 0.05) is 0 Å². The van der Waals surface area contributed by atoms with Gasteiger partial charge in [-0.25, -0.2) is 0 Å². The van der Waals surface area contributed by atoms with E-state index in [0.29, 0.717) is 0 Å². The first kappa shape index (κ1) is 15.7. The standard InChI is InChI=1S/C20H16F2Ge/c21-16-20(22)23(17-10-4-1-5-11-17,18-12-6-2-7-13-18)19-14-8-3-9-15-19/h1-16H. The van der Waals surface area contributed by atoms with Crippen LogP contribution in [0.25, 0.3) is 0 Å². The van der Waals surface area contributed by atoms with Gasteiger partial charge in [0.25, 0.3) is 0 Å². The predicted octanol–water partition coefficient (Wildman–Crippen LogP) is 3.48. The Morgan fingerprint density at radius 1 is 0.609 bits per heavy atom. The first-order valence-corrected chi connectivity index (χ1v) is 11.6. The van der Waals surface area contributed by atoms with Gasteiger partial charge in [0.15, 0.2) is 0 Å². The molecule has 0 amide bonds. The quantitative estimate of drug-likeness (QED) is 0.620. The zero-order valence-corrected chi connectivity index (χ0v) is 14.6. The van der Waals surface area contributed by atoms with Crippen LogP contribution in [0.1, 0.15) is 0 Å². The molecule has 0 aliphatic rings. The Morgan fingerprint density at radius 2 is 0.913 bits per heavy atom. The van der Waals surface area contributed by atoms with Crippen molar-refractivity contribution in [3.05, 3.63) is 102 Å². The van der Waals surface area contributed by atoms with Crippen LogP contribution in [-0.2, 0) is 0 Å². The Morgan fingerprint density at radius 3 is 1.17 bits per heavy atom. The third-order valence-corrected chi connectivity index (χ3v) is 13.4. The van der Waals surface area contributed by atoms with Crippen LogP contribution in [0.5, 0.6) is 0 Å². The molecule has 0 N–H and O–H groups in total. The second-order valence-electron chi connectivity index (χ2n) is 5.31. The van der Waals surface area contributed by atoms with Crippen LogP contribution in [0, 0.1) is 0 Å². The van der Waals surface area contributed by atoms with Crippen molar-refractivity contribution < 1.29 is 8.78 Å². The van der Waals surface area contributed by atoms with E-state index in [0.717, 1.165) is 13.2 Å². The van der Waals surface area contributed by atoms with Crippen LogP contribution in [-0.4, -0.2) is 13.3 Å². The minimum absolute atomic E-state index is 0.146. The third-order valence-electron chi connectivity index (χ3n) is 4.07. The summed E-state index contributed by atoms with van der Waals surface area (Å²) in [6, 6.07) is 28.4. The van der Waals surface area contributed by atoms with E-state index in [9.17, 15) is 4.39 Å². The zero-order valence-electron chi connectivity index (χ0n) is 12.5. The van der Waals surface area contributed by atoms with E-state index in [1.54, 1.807) is 0 Å². The maximum absolute atomic E-state index is 15.1. The zero-order chi connectivity index (χ0) is 16.1. The van der Waals surface area contributed by atoms with Gasteiger partial charge in [0.05, 0.1) is 0 Å². The van der Waals surface area contributed by atoms with E-state index < -0.39 is 17.9 Å². The van der Waals surface area contributed by atoms with E-state index in [2.05, 4.69) is 0 Å². The van der Waals surface area contributed by atoms with Gasteiger partial charge in [-0.05, 0) is 0 Å². The van der Waals surface area contributed by atoms with Crippen molar-refractivity contribution in [3.63, 3.8) is 0 Å². The molecule has 0 heterocycles. The second-order valence-corrected chi connectivity index (χ2v) is 13.1. The van der Waals surface area contributed by atoms with Crippen molar-refractivity contribution in [1.82, 2.24) is 0 Å². The molecule has 0 saturated carbocycles. The molecule has 0 bridgehead atoms. The van der Waals surface area contributed by atoms with Crippen LogP contribution in [0.15, 0.2) is 102 Å². The first-order chi connectivity index (χ1) is 11.3. The molecule has 0 aromatic heterocycles. The Labute approximate surface area is 137 Å². The Balaban J connectivity index is 2.41. The Hall–Kier alpha value is -2.20. The maximum atomic E-state index is 15.1. The van der Waals surface area contributed by atoms with Crippen LogP contribution in [0.4, 0.5) is 8.78 Å². The van der Waals surface area contributed by atoms with Crippen molar-refractivity contribution >= 4 is 26.5 Å². The van der Waals surface area contributed by atoms with E-state index in [1.165, 1.54) is 0 Å². The van der Waals surface area contributed by atoms with Gasteiger partial charge in [-0.1, -0.05) is 0 Å². The first-order valence-electron chi connectivity index (χ1n) is 7.43. The molecule has 0 aliphatic heterocycles. The molecule has 23 heavy (non-hydrogen) atoms. The summed E-state index contributed by atoms with van der Waals surface area (Å²) in [5.74, 6) is 0. The van der Waals surface area contributed by atoms with Crippen molar-refractivity contribution in [2.24, 2.45) is 0 Å². The van der Waals surface area contributed by atoms with Gasteiger partial charge < -0.3 is 0 Å². The van der Waals surface area contributed by atoms with Crippen molar-refractivity contribution in [1.29, 1.82) is 0 Å². The summed E-state index contributed by atoms with van der Waals surface area (Å²) in [5.41, 5.74) is 0. The molecule has 0 fully saturated rings. The molecule has 0 aliphatic carbocycles. The van der Waals surface area contributed by atoms with Crippen molar-refractivity contribution in [2.45, 2.75) is 0 Å². The number of rotatable bonds is 4. The molecule has 0 saturated heterocycles. The number of hydrogen-bond donors (Lipinski definition) is 0. The van der Waals surface area contributed by atoms with E-state index in [4.69, 9.17) is 0 Å². The average molecular weight is 367 g/mol. The fourth-order valence-electron chi connectivity index (χ4n) is 3.06. The fourth-order valence-corrected chi connectivity index (χ4v) is 11.6. The molecule has 3 heteroatoms. The number of halogens is 2. The minimum atomic E-state index is -3.88. The summed E-state index contributed by atoms with van der Waals surface area (Å²) in [4.78, 5) is 0. The Bertz CT molecular complexity index is 687. The van der Waals surface area contributed by atoms with Gasteiger partial charge in [-0.15, -0.1) is 0 Å². The van der Waals surface area contributed by atoms with Crippen LogP contribution in [0.3, 0.4) is 0 Å². The van der Waals surface area contributed by atoms with Crippen LogP contribution in [0.2, 0.25) is 0 Å². The molecule has 0 atom stereocenters. The summed E-state index contributed by atoms with van der Waals surface area (Å²) in [5, 5.41) is 0. The number of hydrogen-bond acceptors (Lipinski definition) is 0. The van der Waals surface area contributed by atoms with Crippen molar-refractivity contribution in [3.8, 4) is 0 Å². The Kier molecular flexibility index (Phi) is 4.72. The fraction of sp³-hybridized carbons (Fsp3) is 0. The molecule has 0 spiro atoms. The SMILES string of the molecule is FC=[C](F)[Ge]([c]1ccccc1)([c]1ccccc1)[c]1ccccc1. The summed E-state index contributed by atoms with van der Waals surface area (Å²) in [6.07, 6.45) is 0.146. The topological polar surface area (TPSA) is 0 Å². The van der Waals surface area contributed by atoms with Crippen LogP contribution >= 0.6 is 0 Å². The molecular formula is C20H16F2Ge. The summed E-state index contributed by atoms with van der Waals surface area (Å²) in [6.45, 7) is 0. The molecule has 3 rings (SSSR count). The van der Waals surface area contributed by atoms with E-state index in [1.807, 2.05) is 91.0 Å². The van der Waals surface area contributed by atoms with Crippen LogP contribution < -0.4 is 13.2 Å². The number of benzene rings is 3. The predicted molar refractivity (Wildman–Crippen MR) is 94.3 cm³/mol. The summed E-state index contributed by atoms with van der Waals surface area (Å²) >= 11 is -3.88. The van der Waals surface area contributed by atoms with Gasteiger partial charge in [-0.3, -0.25) is 0 Å². The average Bonchev–Trinajstić information content (AvgIpc) is 2.65. The van der Waals surface area contributed by atoms with Gasteiger partial charge in [0.1, 0.15) is 0 Å². The monoisotopic (exact) mass is 368 g/mol. The van der Waals surface area contributed by atoms with Gasteiger partial charge >= 0.3 is 137 Å². The summed E-state index contributed by atoms with van der Waals surface area (Å²) < 4.78 is 30.5. The summed E-state index contributed by atoms with van der Waals surface area (Å²) in [7, 11) is 0. The molecule has 0 radical (unpaired) electrons. The van der Waals surface area contributed by atoms with Gasteiger partial charge in [-0.2, -0.15) is 0 Å². The molecule has 114 valence electrons. The molecule has 3 aromatic rings. The third kappa shape index (κ3) is 2.75. The van der Waals surface area contributed by atoms with Gasteiger partial charge in [0.2, 0.25) is 0 Å². The molecular weight excluding hydrogens is 351 g/mol. The van der Waals surface area contributed by atoms with Crippen molar-refractivity contribution in [2.75, 3.05) is 0 Å². The second kappa shape index (κ2) is 6.92.